The third kappa shape index (κ3) is 7.13. The normalized spacial score (nSPS) is 12.0. The van der Waals surface area contributed by atoms with Crippen LogP contribution in [0.15, 0.2) is 17.4 Å². The highest BCUT2D eigenvalue weighted by molar-refractivity contribution is 5.79. The van der Waals surface area contributed by atoms with Crippen LogP contribution >= 0.6 is 0 Å². The lowest BCUT2D eigenvalue weighted by atomic mass is 10.2. The minimum atomic E-state index is 0.583. The second-order valence-corrected chi connectivity index (χ2v) is 5.36. The second-order valence-electron chi connectivity index (χ2n) is 5.36. The molecule has 0 fully saturated rings. The number of hydrogen-bond acceptors (Lipinski definition) is 3. The molecule has 0 aliphatic heterocycles. The average Bonchev–Trinajstić information content (AvgIpc) is 2.87. The van der Waals surface area contributed by atoms with Crippen molar-refractivity contribution in [2.24, 2.45) is 10.9 Å². The van der Waals surface area contributed by atoms with Gasteiger partial charge in [-0.15, -0.1) is 0 Å². The molecule has 0 radical (unpaired) electrons. The molecule has 21 heavy (non-hydrogen) atoms. The summed E-state index contributed by atoms with van der Waals surface area (Å²) in [5.41, 5.74) is 0. The number of nitrogens with one attached hydrogen (secondary N) is 2. The highest BCUT2D eigenvalue weighted by Gasteiger charge is 2.04. The molecular weight excluding hydrogens is 266 g/mol. The summed E-state index contributed by atoms with van der Waals surface area (Å²) in [5, 5.41) is 6.54. The third-order valence-corrected chi connectivity index (χ3v) is 2.90. The van der Waals surface area contributed by atoms with Crippen molar-refractivity contribution in [3.63, 3.8) is 0 Å². The van der Waals surface area contributed by atoms with Gasteiger partial charge in [0.15, 0.2) is 5.96 Å². The van der Waals surface area contributed by atoms with Gasteiger partial charge >= 0.3 is 0 Å². The molecule has 0 aliphatic rings. The van der Waals surface area contributed by atoms with Crippen molar-refractivity contribution in [1.29, 1.82) is 0 Å². The van der Waals surface area contributed by atoms with E-state index in [0.29, 0.717) is 12.5 Å². The molecule has 0 saturated carbocycles. The first kappa shape index (κ1) is 17.5. The van der Waals surface area contributed by atoms with Crippen LogP contribution in [0, 0.1) is 5.92 Å². The van der Waals surface area contributed by atoms with Crippen LogP contribution in [0.5, 0.6) is 0 Å². The van der Waals surface area contributed by atoms with Gasteiger partial charge in [-0.1, -0.05) is 13.8 Å². The highest BCUT2D eigenvalue weighted by atomic mass is 16.5. The number of aromatic nitrogens is 2. The molecule has 0 bridgehead atoms. The van der Waals surface area contributed by atoms with Gasteiger partial charge < -0.3 is 19.9 Å². The Morgan fingerprint density at radius 3 is 2.90 bits per heavy atom. The molecule has 2 N–H and O–H groups in total. The van der Waals surface area contributed by atoms with Gasteiger partial charge in [0, 0.05) is 45.7 Å². The fourth-order valence-corrected chi connectivity index (χ4v) is 1.97. The largest absolute Gasteiger partial charge is 0.385 e. The lowest BCUT2D eigenvalue weighted by Crippen LogP contribution is -2.38. The Bertz CT molecular complexity index is 414. The van der Waals surface area contributed by atoms with Crippen molar-refractivity contribution in [1.82, 2.24) is 20.2 Å². The van der Waals surface area contributed by atoms with Crippen molar-refractivity contribution in [3.8, 4) is 0 Å². The summed E-state index contributed by atoms with van der Waals surface area (Å²) < 4.78 is 7.21. The molecule has 0 saturated heterocycles. The molecule has 0 spiro atoms. The first-order valence-corrected chi connectivity index (χ1v) is 7.68. The molecule has 1 rings (SSSR count). The number of guanidine groups is 1. The van der Waals surface area contributed by atoms with Crippen LogP contribution < -0.4 is 10.6 Å². The van der Waals surface area contributed by atoms with E-state index in [1.807, 2.05) is 12.4 Å². The molecule has 0 unspecified atom stereocenters. The Hall–Kier alpha value is -1.56. The Kier molecular flexibility index (Phi) is 8.50. The predicted molar refractivity (Wildman–Crippen MR) is 86.4 cm³/mol. The molecule has 0 aromatic carbocycles. The number of ether oxygens (including phenoxy) is 1. The van der Waals surface area contributed by atoms with E-state index in [1.165, 1.54) is 0 Å². The van der Waals surface area contributed by atoms with E-state index < -0.39 is 0 Å². The molecule has 1 aromatic heterocycles. The van der Waals surface area contributed by atoms with Gasteiger partial charge in [0.25, 0.3) is 0 Å². The fourth-order valence-electron chi connectivity index (χ4n) is 1.97. The molecule has 1 aromatic rings. The monoisotopic (exact) mass is 295 g/mol. The molecule has 0 atom stereocenters. The van der Waals surface area contributed by atoms with Crippen molar-refractivity contribution in [2.75, 3.05) is 26.8 Å². The molecule has 0 amide bonds. The highest BCUT2D eigenvalue weighted by Crippen LogP contribution is 2.04. The van der Waals surface area contributed by atoms with E-state index in [1.54, 1.807) is 7.11 Å². The molecule has 120 valence electrons. The van der Waals surface area contributed by atoms with Crippen LogP contribution in [0.3, 0.4) is 0 Å². The summed E-state index contributed by atoms with van der Waals surface area (Å²) in [5.74, 6) is 2.42. The topological polar surface area (TPSA) is 63.5 Å². The molecule has 0 aliphatic carbocycles. The molecular formula is C15H29N5O. The Labute approximate surface area is 128 Å². The van der Waals surface area contributed by atoms with Gasteiger partial charge in [-0.3, -0.25) is 0 Å². The zero-order chi connectivity index (χ0) is 15.5. The standard InChI is InChI=1S/C15H29N5O/c1-5-16-15(18-7-6-10-21-4)19-11-14-17-8-9-20(14)12-13(2)3/h8-9,13H,5-7,10-12H2,1-4H3,(H2,16,18,19). The first-order chi connectivity index (χ1) is 10.2. The first-order valence-electron chi connectivity index (χ1n) is 7.68. The summed E-state index contributed by atoms with van der Waals surface area (Å²) in [7, 11) is 1.72. The summed E-state index contributed by atoms with van der Waals surface area (Å²) >= 11 is 0. The van der Waals surface area contributed by atoms with E-state index in [0.717, 1.165) is 44.4 Å². The minimum Gasteiger partial charge on any atom is -0.385 e. The van der Waals surface area contributed by atoms with Crippen LogP contribution in [0.25, 0.3) is 0 Å². The summed E-state index contributed by atoms with van der Waals surface area (Å²) in [6, 6.07) is 0. The van der Waals surface area contributed by atoms with E-state index in [4.69, 9.17) is 4.74 Å². The fraction of sp³-hybridized carbons (Fsp3) is 0.733. The zero-order valence-corrected chi connectivity index (χ0v) is 13.7. The lowest BCUT2D eigenvalue weighted by molar-refractivity contribution is 0.195. The van der Waals surface area contributed by atoms with Crippen molar-refractivity contribution < 1.29 is 4.74 Å². The number of hydrogen-bond donors (Lipinski definition) is 2. The Balaban J connectivity index is 2.54. The summed E-state index contributed by atoms with van der Waals surface area (Å²) in [6.45, 7) is 10.5. The van der Waals surface area contributed by atoms with Gasteiger partial charge in [-0.05, 0) is 19.3 Å². The van der Waals surface area contributed by atoms with Crippen LogP contribution in [0.1, 0.15) is 33.0 Å². The second kappa shape index (κ2) is 10.2. The van der Waals surface area contributed by atoms with E-state index >= 15 is 0 Å². The van der Waals surface area contributed by atoms with Gasteiger partial charge in [-0.2, -0.15) is 0 Å². The predicted octanol–water partition coefficient (Wildman–Crippen LogP) is 1.63. The van der Waals surface area contributed by atoms with Crippen molar-refractivity contribution in [2.45, 2.75) is 40.3 Å². The van der Waals surface area contributed by atoms with Crippen LogP contribution in [0.2, 0.25) is 0 Å². The zero-order valence-electron chi connectivity index (χ0n) is 13.7. The minimum absolute atomic E-state index is 0.583. The molecule has 6 nitrogen and oxygen atoms in total. The maximum absolute atomic E-state index is 5.04. The van der Waals surface area contributed by atoms with Crippen LogP contribution in [-0.2, 0) is 17.8 Å². The number of rotatable bonds is 9. The molecule has 1 heterocycles. The quantitative estimate of drug-likeness (QED) is 0.413. The maximum atomic E-state index is 5.04. The Morgan fingerprint density at radius 2 is 2.24 bits per heavy atom. The Morgan fingerprint density at radius 1 is 1.43 bits per heavy atom. The van der Waals surface area contributed by atoms with Crippen molar-refractivity contribution in [3.05, 3.63) is 18.2 Å². The van der Waals surface area contributed by atoms with E-state index in [2.05, 4.69) is 45.9 Å². The molecule has 6 heteroatoms. The van der Waals surface area contributed by atoms with Gasteiger partial charge in [-0.25, -0.2) is 9.98 Å². The van der Waals surface area contributed by atoms with Crippen molar-refractivity contribution >= 4 is 5.96 Å². The number of methoxy groups -OCH3 is 1. The van der Waals surface area contributed by atoms with E-state index in [9.17, 15) is 0 Å². The number of nitrogens with zero attached hydrogens (tertiary/aromatic N) is 3. The van der Waals surface area contributed by atoms with E-state index in [-0.39, 0.29) is 0 Å². The lowest BCUT2D eigenvalue weighted by Gasteiger charge is -2.12. The SMILES string of the molecule is CCNC(=NCc1nccn1CC(C)C)NCCCOC. The number of aliphatic imine (C=N–C) groups is 1. The van der Waals surface area contributed by atoms with Crippen LogP contribution in [0.4, 0.5) is 0 Å². The smallest absolute Gasteiger partial charge is 0.191 e. The third-order valence-electron chi connectivity index (χ3n) is 2.90. The van der Waals surface area contributed by atoms with Gasteiger partial charge in [0.05, 0.1) is 0 Å². The summed E-state index contributed by atoms with van der Waals surface area (Å²) in [6.07, 6.45) is 4.82. The average molecular weight is 295 g/mol. The van der Waals surface area contributed by atoms with Gasteiger partial charge in [0.1, 0.15) is 12.4 Å². The number of imidazole rings is 1. The van der Waals surface area contributed by atoms with Gasteiger partial charge in [0.2, 0.25) is 0 Å². The van der Waals surface area contributed by atoms with Crippen LogP contribution in [-0.4, -0.2) is 42.3 Å². The summed E-state index contributed by atoms with van der Waals surface area (Å²) in [4.78, 5) is 8.98. The maximum Gasteiger partial charge on any atom is 0.191 e.